The minimum absolute atomic E-state index is 0.167. The Kier molecular flexibility index (Phi) is 3.24. The standard InChI is InChI=1S/C11H18N2O4/c1-6(10(15)16)12-11(17)13-4-7-2-3-9(14)8(7)5-13/h6-9,14H,2-5H2,1H3,(H,12,17)(H,15,16). The van der Waals surface area contributed by atoms with Gasteiger partial charge in [0.2, 0.25) is 0 Å². The van der Waals surface area contributed by atoms with Crippen LogP contribution in [0.2, 0.25) is 0 Å². The predicted molar refractivity (Wildman–Crippen MR) is 59.4 cm³/mol. The van der Waals surface area contributed by atoms with Crippen LogP contribution in [0.25, 0.3) is 0 Å². The maximum Gasteiger partial charge on any atom is 0.325 e. The molecule has 2 aliphatic rings. The van der Waals surface area contributed by atoms with Crippen LogP contribution in [0.4, 0.5) is 4.79 Å². The number of fused-ring (bicyclic) bond motifs is 1. The summed E-state index contributed by atoms with van der Waals surface area (Å²) in [7, 11) is 0. The lowest BCUT2D eigenvalue weighted by atomic mass is 10.00. The highest BCUT2D eigenvalue weighted by molar-refractivity contribution is 5.82. The smallest absolute Gasteiger partial charge is 0.325 e. The largest absolute Gasteiger partial charge is 0.480 e. The Balaban J connectivity index is 1.88. The lowest BCUT2D eigenvalue weighted by Crippen LogP contribution is -2.46. The van der Waals surface area contributed by atoms with Gasteiger partial charge in [-0.05, 0) is 25.7 Å². The summed E-state index contributed by atoms with van der Waals surface area (Å²) in [5, 5.41) is 20.9. The number of carbonyl (C=O) groups is 2. The van der Waals surface area contributed by atoms with Gasteiger partial charge < -0.3 is 20.4 Å². The Labute approximate surface area is 99.6 Å². The summed E-state index contributed by atoms with van der Waals surface area (Å²) in [4.78, 5) is 24.0. The molecule has 0 radical (unpaired) electrons. The molecule has 6 heteroatoms. The van der Waals surface area contributed by atoms with E-state index in [1.807, 2.05) is 0 Å². The summed E-state index contributed by atoms with van der Waals surface area (Å²) in [6.07, 6.45) is 1.45. The van der Waals surface area contributed by atoms with Gasteiger partial charge in [-0.15, -0.1) is 0 Å². The van der Waals surface area contributed by atoms with E-state index in [0.29, 0.717) is 19.0 Å². The molecule has 2 amide bonds. The summed E-state index contributed by atoms with van der Waals surface area (Å²) in [6, 6.07) is -1.23. The van der Waals surface area contributed by atoms with Crippen molar-refractivity contribution in [2.75, 3.05) is 13.1 Å². The lowest BCUT2D eigenvalue weighted by molar-refractivity contribution is -0.138. The van der Waals surface area contributed by atoms with Crippen LogP contribution in [0.15, 0.2) is 0 Å². The molecular formula is C11H18N2O4. The molecule has 1 aliphatic heterocycles. The zero-order valence-corrected chi connectivity index (χ0v) is 9.80. The molecular weight excluding hydrogens is 224 g/mol. The number of amides is 2. The van der Waals surface area contributed by atoms with Crippen molar-refractivity contribution in [1.82, 2.24) is 10.2 Å². The predicted octanol–water partition coefficient (Wildman–Crippen LogP) is -0.128. The normalized spacial score (nSPS) is 33.3. The molecule has 1 saturated heterocycles. The number of rotatable bonds is 2. The number of carboxylic acids is 1. The minimum atomic E-state index is -1.04. The molecule has 2 rings (SSSR count). The highest BCUT2D eigenvalue weighted by atomic mass is 16.4. The van der Waals surface area contributed by atoms with Crippen molar-refractivity contribution in [3.05, 3.63) is 0 Å². The van der Waals surface area contributed by atoms with Crippen LogP contribution in [0.3, 0.4) is 0 Å². The van der Waals surface area contributed by atoms with E-state index >= 15 is 0 Å². The first-order chi connectivity index (χ1) is 7.99. The second-order valence-corrected chi connectivity index (χ2v) is 4.98. The summed E-state index contributed by atoms with van der Waals surface area (Å²) < 4.78 is 0. The van der Waals surface area contributed by atoms with E-state index in [9.17, 15) is 14.7 Å². The topological polar surface area (TPSA) is 89.9 Å². The maximum absolute atomic E-state index is 11.8. The number of aliphatic carboxylic acids is 1. The van der Waals surface area contributed by atoms with Crippen LogP contribution < -0.4 is 5.32 Å². The molecule has 6 nitrogen and oxygen atoms in total. The van der Waals surface area contributed by atoms with Crippen molar-refractivity contribution >= 4 is 12.0 Å². The van der Waals surface area contributed by atoms with E-state index in [2.05, 4.69) is 5.32 Å². The zero-order valence-electron chi connectivity index (χ0n) is 9.80. The molecule has 3 N–H and O–H groups in total. The number of urea groups is 1. The molecule has 17 heavy (non-hydrogen) atoms. The molecule has 1 aliphatic carbocycles. The second kappa shape index (κ2) is 4.52. The van der Waals surface area contributed by atoms with Crippen LogP contribution >= 0.6 is 0 Å². The average Bonchev–Trinajstić information content (AvgIpc) is 2.81. The second-order valence-electron chi connectivity index (χ2n) is 4.98. The molecule has 4 unspecified atom stereocenters. The Hall–Kier alpha value is -1.30. The molecule has 0 aromatic heterocycles. The fourth-order valence-corrected chi connectivity index (χ4v) is 2.74. The van der Waals surface area contributed by atoms with E-state index in [-0.39, 0.29) is 18.1 Å². The molecule has 4 atom stereocenters. The first-order valence-corrected chi connectivity index (χ1v) is 5.95. The van der Waals surface area contributed by atoms with Gasteiger partial charge in [-0.25, -0.2) is 4.79 Å². The quantitative estimate of drug-likeness (QED) is 0.629. The van der Waals surface area contributed by atoms with Crippen molar-refractivity contribution in [3.63, 3.8) is 0 Å². The Bertz CT molecular complexity index is 333. The van der Waals surface area contributed by atoms with Crippen LogP contribution in [-0.4, -0.2) is 52.3 Å². The molecule has 96 valence electrons. The highest BCUT2D eigenvalue weighted by Gasteiger charge is 2.43. The van der Waals surface area contributed by atoms with E-state index in [1.165, 1.54) is 6.92 Å². The molecule has 2 fully saturated rings. The third-order valence-corrected chi connectivity index (χ3v) is 3.82. The first-order valence-electron chi connectivity index (χ1n) is 5.95. The number of likely N-dealkylation sites (tertiary alicyclic amines) is 1. The summed E-state index contributed by atoms with van der Waals surface area (Å²) >= 11 is 0. The van der Waals surface area contributed by atoms with Gasteiger partial charge in [0, 0.05) is 19.0 Å². The van der Waals surface area contributed by atoms with Crippen LogP contribution in [-0.2, 0) is 4.79 Å². The molecule has 1 saturated carbocycles. The SMILES string of the molecule is CC(NC(=O)N1CC2CCC(O)C2C1)C(=O)O. The Morgan fingerprint density at radius 3 is 2.65 bits per heavy atom. The Morgan fingerprint density at radius 2 is 2.06 bits per heavy atom. The molecule has 0 bridgehead atoms. The van der Waals surface area contributed by atoms with Crippen molar-refractivity contribution in [2.24, 2.45) is 11.8 Å². The number of aliphatic hydroxyl groups is 1. The first kappa shape index (κ1) is 12.2. The number of nitrogens with one attached hydrogen (secondary N) is 1. The van der Waals surface area contributed by atoms with E-state index in [0.717, 1.165) is 12.8 Å². The van der Waals surface area contributed by atoms with Crippen molar-refractivity contribution < 1.29 is 19.8 Å². The van der Waals surface area contributed by atoms with Gasteiger partial charge in [-0.1, -0.05) is 0 Å². The van der Waals surface area contributed by atoms with Crippen LogP contribution in [0.5, 0.6) is 0 Å². The number of hydrogen-bond acceptors (Lipinski definition) is 3. The van der Waals surface area contributed by atoms with Gasteiger partial charge >= 0.3 is 12.0 Å². The van der Waals surface area contributed by atoms with Gasteiger partial charge in [0.1, 0.15) is 6.04 Å². The monoisotopic (exact) mass is 242 g/mol. The fraction of sp³-hybridized carbons (Fsp3) is 0.818. The van der Waals surface area contributed by atoms with Crippen LogP contribution in [0, 0.1) is 11.8 Å². The number of nitrogens with zero attached hydrogens (tertiary/aromatic N) is 1. The van der Waals surface area contributed by atoms with E-state index in [1.54, 1.807) is 4.90 Å². The number of carbonyl (C=O) groups excluding carboxylic acids is 1. The van der Waals surface area contributed by atoms with E-state index < -0.39 is 12.0 Å². The zero-order chi connectivity index (χ0) is 12.6. The fourth-order valence-electron chi connectivity index (χ4n) is 2.74. The van der Waals surface area contributed by atoms with Gasteiger partial charge in [-0.2, -0.15) is 0 Å². The lowest BCUT2D eigenvalue weighted by Gasteiger charge is -2.20. The van der Waals surface area contributed by atoms with Gasteiger partial charge in [0.15, 0.2) is 0 Å². The third-order valence-electron chi connectivity index (χ3n) is 3.82. The minimum Gasteiger partial charge on any atom is -0.480 e. The molecule has 0 aromatic rings. The van der Waals surface area contributed by atoms with Crippen LogP contribution in [0.1, 0.15) is 19.8 Å². The van der Waals surface area contributed by atoms with E-state index in [4.69, 9.17) is 5.11 Å². The van der Waals surface area contributed by atoms with Gasteiger partial charge in [0.05, 0.1) is 6.10 Å². The summed E-state index contributed by atoms with van der Waals surface area (Å²) in [5.74, 6) is -0.505. The number of carboxylic acid groups (broad SMARTS) is 1. The van der Waals surface area contributed by atoms with Crippen molar-refractivity contribution in [1.29, 1.82) is 0 Å². The molecule has 0 spiro atoms. The number of hydrogen-bond donors (Lipinski definition) is 3. The molecule has 1 heterocycles. The van der Waals surface area contributed by atoms with Crippen molar-refractivity contribution in [3.8, 4) is 0 Å². The average molecular weight is 242 g/mol. The summed E-state index contributed by atoms with van der Waals surface area (Å²) in [5.41, 5.74) is 0. The summed E-state index contributed by atoms with van der Waals surface area (Å²) in [6.45, 7) is 2.59. The molecule has 0 aromatic carbocycles. The highest BCUT2D eigenvalue weighted by Crippen LogP contribution is 2.37. The van der Waals surface area contributed by atoms with Gasteiger partial charge in [0.25, 0.3) is 0 Å². The Morgan fingerprint density at radius 1 is 1.35 bits per heavy atom. The maximum atomic E-state index is 11.8. The van der Waals surface area contributed by atoms with Gasteiger partial charge in [-0.3, -0.25) is 4.79 Å². The van der Waals surface area contributed by atoms with Crippen molar-refractivity contribution in [2.45, 2.75) is 31.9 Å². The third kappa shape index (κ3) is 2.36. The number of aliphatic hydroxyl groups excluding tert-OH is 1.